The first-order chi connectivity index (χ1) is 6.07. The van der Waals surface area contributed by atoms with Crippen molar-refractivity contribution in [3.63, 3.8) is 0 Å². The highest BCUT2D eigenvalue weighted by atomic mass is 16.5. The van der Waals surface area contributed by atoms with Crippen molar-refractivity contribution in [3.05, 3.63) is 0 Å². The Morgan fingerprint density at radius 2 is 2.15 bits per heavy atom. The first kappa shape index (κ1) is 12.4. The minimum absolute atomic E-state index is 0.263. The molecule has 1 amide bonds. The number of hydrogen-bond donors (Lipinski definition) is 2. The van der Waals surface area contributed by atoms with Gasteiger partial charge in [0.25, 0.3) is 0 Å². The summed E-state index contributed by atoms with van der Waals surface area (Å²) in [7, 11) is 0. The highest BCUT2D eigenvalue weighted by Gasteiger charge is 2.14. The molecule has 0 bridgehead atoms. The monoisotopic (exact) mass is 188 g/mol. The Bertz CT molecular complexity index is 149. The molecule has 4 nitrogen and oxygen atoms in total. The molecule has 0 aromatic heterocycles. The zero-order chi connectivity index (χ0) is 10.3. The van der Waals surface area contributed by atoms with Gasteiger partial charge in [0, 0.05) is 19.3 Å². The van der Waals surface area contributed by atoms with Gasteiger partial charge in [-0.1, -0.05) is 13.8 Å². The van der Waals surface area contributed by atoms with Crippen molar-refractivity contribution in [2.75, 3.05) is 13.2 Å². The molecule has 0 aromatic rings. The Morgan fingerprint density at radius 3 is 2.54 bits per heavy atom. The van der Waals surface area contributed by atoms with Crippen LogP contribution < -0.4 is 11.1 Å². The lowest BCUT2D eigenvalue weighted by molar-refractivity contribution is -0.120. The van der Waals surface area contributed by atoms with Crippen LogP contribution in [0.4, 0.5) is 0 Å². The summed E-state index contributed by atoms with van der Waals surface area (Å²) in [5.41, 5.74) is 5.21. The van der Waals surface area contributed by atoms with E-state index in [1.54, 1.807) is 0 Å². The van der Waals surface area contributed by atoms with E-state index in [1.807, 2.05) is 20.8 Å². The van der Waals surface area contributed by atoms with E-state index >= 15 is 0 Å². The summed E-state index contributed by atoms with van der Waals surface area (Å²) in [6.07, 6.45) is 0.640. The van der Waals surface area contributed by atoms with E-state index in [4.69, 9.17) is 10.5 Å². The van der Waals surface area contributed by atoms with Crippen molar-refractivity contribution in [2.24, 2.45) is 5.73 Å². The van der Waals surface area contributed by atoms with E-state index < -0.39 is 0 Å². The molecule has 78 valence electrons. The Morgan fingerprint density at radius 1 is 1.54 bits per heavy atom. The number of rotatable bonds is 7. The van der Waals surface area contributed by atoms with Crippen LogP contribution in [0.25, 0.3) is 0 Å². The van der Waals surface area contributed by atoms with E-state index in [1.165, 1.54) is 0 Å². The lowest BCUT2D eigenvalue weighted by atomic mass is 10.2. The quantitative estimate of drug-likeness (QED) is 0.563. The number of nitrogens with two attached hydrogens (primary N) is 1. The largest absolute Gasteiger partial charge is 0.382 e. The lowest BCUT2D eigenvalue weighted by Gasteiger charge is -2.17. The molecule has 0 aliphatic carbocycles. The van der Waals surface area contributed by atoms with Crippen LogP contribution in [0.5, 0.6) is 0 Å². The fourth-order valence-corrected chi connectivity index (χ4v) is 1.06. The molecular formula is C9H20N2O2. The van der Waals surface area contributed by atoms with Crippen LogP contribution >= 0.6 is 0 Å². The second-order valence-corrected chi connectivity index (χ2v) is 3.26. The van der Waals surface area contributed by atoms with Crippen molar-refractivity contribution in [1.82, 2.24) is 5.32 Å². The minimum atomic E-state index is -0.312. The molecule has 0 radical (unpaired) electrons. The summed E-state index contributed by atoms with van der Waals surface area (Å²) < 4.78 is 5.15. The van der Waals surface area contributed by atoms with Crippen LogP contribution in [0.15, 0.2) is 0 Å². The predicted octanol–water partition coefficient (Wildman–Crippen LogP) is 0.265. The maximum absolute atomic E-state index is 10.9. The van der Waals surface area contributed by atoms with Gasteiger partial charge in [0.2, 0.25) is 5.91 Å². The zero-order valence-electron chi connectivity index (χ0n) is 8.67. The molecular weight excluding hydrogens is 168 g/mol. The second kappa shape index (κ2) is 6.86. The molecule has 0 heterocycles. The molecule has 0 aromatic carbocycles. The fraction of sp³-hybridized carbons (Fsp3) is 0.889. The number of carbonyl (C=O) groups is 1. The first-order valence-corrected chi connectivity index (χ1v) is 4.71. The Hall–Kier alpha value is -0.610. The van der Waals surface area contributed by atoms with Gasteiger partial charge in [-0.2, -0.15) is 0 Å². The van der Waals surface area contributed by atoms with Crippen molar-refractivity contribution >= 4 is 5.91 Å². The SMILES string of the molecule is CCOCCC(NC(C)C)C(N)=O. The fourth-order valence-electron chi connectivity index (χ4n) is 1.06. The van der Waals surface area contributed by atoms with Crippen molar-refractivity contribution in [1.29, 1.82) is 0 Å². The number of ether oxygens (including phenoxy) is 1. The van der Waals surface area contributed by atoms with Crippen molar-refractivity contribution in [2.45, 2.75) is 39.3 Å². The normalized spacial score (nSPS) is 13.2. The lowest BCUT2D eigenvalue weighted by Crippen LogP contribution is -2.45. The van der Waals surface area contributed by atoms with Crippen LogP contribution in [-0.2, 0) is 9.53 Å². The zero-order valence-corrected chi connectivity index (χ0v) is 8.67. The third kappa shape index (κ3) is 6.54. The third-order valence-corrected chi connectivity index (χ3v) is 1.63. The number of hydrogen-bond acceptors (Lipinski definition) is 3. The summed E-state index contributed by atoms with van der Waals surface area (Å²) in [6, 6.07) is -0.00863. The van der Waals surface area contributed by atoms with Gasteiger partial charge in [-0.15, -0.1) is 0 Å². The highest BCUT2D eigenvalue weighted by molar-refractivity contribution is 5.79. The van der Waals surface area contributed by atoms with Crippen molar-refractivity contribution in [3.8, 4) is 0 Å². The van der Waals surface area contributed by atoms with Gasteiger partial charge in [-0.05, 0) is 13.3 Å². The minimum Gasteiger partial charge on any atom is -0.382 e. The smallest absolute Gasteiger partial charge is 0.234 e. The number of amides is 1. The molecule has 0 aliphatic rings. The molecule has 0 aliphatic heterocycles. The molecule has 13 heavy (non-hydrogen) atoms. The van der Waals surface area contributed by atoms with Gasteiger partial charge in [0.1, 0.15) is 0 Å². The third-order valence-electron chi connectivity index (χ3n) is 1.63. The van der Waals surface area contributed by atoms with Crippen LogP contribution in [0.1, 0.15) is 27.2 Å². The topological polar surface area (TPSA) is 64.3 Å². The van der Waals surface area contributed by atoms with Crippen LogP contribution in [0.2, 0.25) is 0 Å². The maximum atomic E-state index is 10.9. The van der Waals surface area contributed by atoms with Gasteiger partial charge in [-0.25, -0.2) is 0 Å². The number of primary amides is 1. The van der Waals surface area contributed by atoms with Gasteiger partial charge in [0.05, 0.1) is 6.04 Å². The Balaban J connectivity index is 3.74. The van der Waals surface area contributed by atoms with Gasteiger partial charge in [0.15, 0.2) is 0 Å². The van der Waals surface area contributed by atoms with Crippen LogP contribution in [0, 0.1) is 0 Å². The average molecular weight is 188 g/mol. The first-order valence-electron chi connectivity index (χ1n) is 4.71. The second-order valence-electron chi connectivity index (χ2n) is 3.26. The van der Waals surface area contributed by atoms with Crippen LogP contribution in [0.3, 0.4) is 0 Å². The number of carbonyl (C=O) groups excluding carboxylic acids is 1. The molecule has 0 saturated carbocycles. The maximum Gasteiger partial charge on any atom is 0.234 e. The average Bonchev–Trinajstić information content (AvgIpc) is 2.02. The number of nitrogens with one attached hydrogen (secondary N) is 1. The van der Waals surface area contributed by atoms with E-state index in [0.717, 1.165) is 0 Å². The summed E-state index contributed by atoms with van der Waals surface area (Å²) in [5, 5.41) is 3.08. The Labute approximate surface area is 79.8 Å². The molecule has 0 rings (SSSR count). The predicted molar refractivity (Wildman–Crippen MR) is 52.4 cm³/mol. The van der Waals surface area contributed by atoms with Crippen LogP contribution in [-0.4, -0.2) is 31.2 Å². The summed E-state index contributed by atoms with van der Waals surface area (Å²) in [5.74, 6) is -0.312. The summed E-state index contributed by atoms with van der Waals surface area (Å²) in [4.78, 5) is 10.9. The van der Waals surface area contributed by atoms with E-state index in [9.17, 15) is 4.79 Å². The standard InChI is InChI=1S/C9H20N2O2/c1-4-13-6-5-8(9(10)12)11-7(2)3/h7-8,11H,4-6H2,1-3H3,(H2,10,12). The summed E-state index contributed by atoms with van der Waals surface area (Å²) in [6.45, 7) is 7.14. The van der Waals surface area contributed by atoms with Gasteiger partial charge < -0.3 is 15.8 Å². The van der Waals surface area contributed by atoms with E-state index in [2.05, 4.69) is 5.32 Å². The Kier molecular flexibility index (Phi) is 6.54. The van der Waals surface area contributed by atoms with Gasteiger partial charge in [-0.3, -0.25) is 4.79 Å². The molecule has 3 N–H and O–H groups in total. The van der Waals surface area contributed by atoms with Gasteiger partial charge >= 0.3 is 0 Å². The van der Waals surface area contributed by atoms with E-state index in [0.29, 0.717) is 19.6 Å². The molecule has 0 spiro atoms. The van der Waals surface area contributed by atoms with E-state index in [-0.39, 0.29) is 18.0 Å². The molecule has 1 atom stereocenters. The molecule has 0 saturated heterocycles. The molecule has 4 heteroatoms. The molecule has 0 fully saturated rings. The van der Waals surface area contributed by atoms with Crippen molar-refractivity contribution < 1.29 is 9.53 Å². The highest BCUT2D eigenvalue weighted by Crippen LogP contribution is 1.94. The summed E-state index contributed by atoms with van der Waals surface area (Å²) >= 11 is 0. The molecule has 1 unspecified atom stereocenters.